The van der Waals surface area contributed by atoms with E-state index in [1.54, 1.807) is 0 Å². The normalized spacial score (nSPS) is 37.7. The van der Waals surface area contributed by atoms with Crippen LogP contribution in [0.1, 0.15) is 0 Å². The number of alkyl halides is 2. The lowest BCUT2D eigenvalue weighted by Crippen LogP contribution is -2.46. The maximum Gasteiger partial charge on any atom is 0.386 e. The SMILES string of the molecule is Nc1nc2c(ncn2[C@@]23CS[C@H](COP(=O)(S)O[C@@H]4[C@@H](COP(O)(=S)O2)OC[C@@]4(F)n2cnc4c(N)ncnc42)[C@H]3F)c(=O)[nH]1. The molecule has 8 atom stereocenters. The van der Waals surface area contributed by atoms with Gasteiger partial charge in [0.25, 0.3) is 5.56 Å². The Labute approximate surface area is 264 Å². The Hall–Kier alpha value is -2.30. The summed E-state index contributed by atoms with van der Waals surface area (Å²) in [4.78, 5) is 46.0. The van der Waals surface area contributed by atoms with E-state index in [1.165, 1.54) is 0 Å². The molecule has 7 rings (SSSR count). The predicted molar refractivity (Wildman–Crippen MR) is 161 cm³/mol. The standard InChI is InChI=1S/C20H22F2N10O8P2S3/c21-12-9-2-38-41(34,43)39-13-8(36-3-19(13,22)31-6-27-10-14(23)25-5-26-15(10)31)1-37-42(35,44)40-20(12,4-45-9)32-7-28-11-16(32)29-18(24)30-17(11)33/h5-9,12-13H,1-4H2,(H,34,43)(H,35,44)(H2,23,25,26)(H3,24,29,30,33)/t8-,9-,12-,13-,19-,20+,41?,42?/m1/s1. The Balaban J connectivity index is 1.28. The van der Waals surface area contributed by atoms with Gasteiger partial charge < -0.3 is 25.6 Å². The van der Waals surface area contributed by atoms with Gasteiger partial charge in [0.2, 0.25) is 11.7 Å². The van der Waals surface area contributed by atoms with Crippen LogP contribution in [-0.2, 0) is 50.7 Å². The van der Waals surface area contributed by atoms with Crippen LogP contribution in [0.4, 0.5) is 20.5 Å². The van der Waals surface area contributed by atoms with Crippen molar-refractivity contribution in [2.75, 3.05) is 37.0 Å². The zero-order valence-corrected chi connectivity index (χ0v) is 26.7. The molecule has 0 amide bonds. The molecule has 0 saturated carbocycles. The van der Waals surface area contributed by atoms with Crippen LogP contribution >= 0.6 is 37.5 Å². The molecule has 3 aliphatic rings. The summed E-state index contributed by atoms with van der Waals surface area (Å²) >= 11 is 10.3. The van der Waals surface area contributed by atoms with Crippen molar-refractivity contribution < 1.29 is 41.1 Å². The van der Waals surface area contributed by atoms with Gasteiger partial charge in [0.1, 0.15) is 24.6 Å². The van der Waals surface area contributed by atoms with Crippen LogP contribution in [0.15, 0.2) is 23.8 Å². The summed E-state index contributed by atoms with van der Waals surface area (Å²) in [5, 5.41) is -1.13. The number of halogens is 2. The molecule has 4 aromatic heterocycles. The Morgan fingerprint density at radius 1 is 1.16 bits per heavy atom. The molecule has 2 bridgehead atoms. The maximum absolute atomic E-state index is 17.0. The third-order valence-electron chi connectivity index (χ3n) is 7.45. The van der Waals surface area contributed by atoms with Gasteiger partial charge in [-0.15, -0.1) is 11.8 Å². The van der Waals surface area contributed by atoms with Crippen LogP contribution in [-0.4, -0.2) is 93.1 Å². The van der Waals surface area contributed by atoms with E-state index in [4.69, 9.17) is 46.1 Å². The van der Waals surface area contributed by atoms with Gasteiger partial charge >= 0.3 is 13.5 Å². The molecule has 0 aliphatic carbocycles. The Bertz CT molecular complexity index is 1990. The Kier molecular flexibility index (Phi) is 7.57. The molecule has 0 radical (unpaired) electrons. The van der Waals surface area contributed by atoms with E-state index in [0.29, 0.717) is 0 Å². The van der Waals surface area contributed by atoms with Gasteiger partial charge in [0.15, 0.2) is 40.6 Å². The molecule has 0 spiro atoms. The number of anilines is 2. The molecule has 3 saturated heterocycles. The average Bonchev–Trinajstić information content (AvgIpc) is 3.73. The highest BCUT2D eigenvalue weighted by Gasteiger charge is 2.60. The lowest BCUT2D eigenvalue weighted by molar-refractivity contribution is -0.0663. The molecule has 45 heavy (non-hydrogen) atoms. The number of fused-ring (bicyclic) bond motifs is 5. The van der Waals surface area contributed by atoms with Crippen LogP contribution in [0, 0.1) is 0 Å². The van der Waals surface area contributed by atoms with E-state index < -0.39 is 74.0 Å². The first-order valence-corrected chi connectivity index (χ1v) is 19.1. The van der Waals surface area contributed by atoms with Crippen LogP contribution in [0.3, 0.4) is 0 Å². The fourth-order valence-electron chi connectivity index (χ4n) is 5.37. The molecule has 4 aromatic rings. The average molecular weight is 727 g/mol. The fourth-order valence-corrected chi connectivity index (χ4v) is 10.0. The molecule has 2 unspecified atom stereocenters. The smallest absolute Gasteiger partial charge is 0.382 e. The third kappa shape index (κ3) is 5.17. The van der Waals surface area contributed by atoms with Gasteiger partial charge in [-0.3, -0.25) is 32.5 Å². The number of imidazole rings is 2. The minimum atomic E-state index is -4.47. The fraction of sp³-hybridized carbons (Fsp3) is 0.500. The van der Waals surface area contributed by atoms with Crippen molar-refractivity contribution >= 4 is 83.4 Å². The molecule has 6 N–H and O–H groups in total. The largest absolute Gasteiger partial charge is 0.386 e. The molecule has 242 valence electrons. The highest BCUT2D eigenvalue weighted by molar-refractivity contribution is 8.44. The van der Waals surface area contributed by atoms with Crippen molar-refractivity contribution in [1.82, 2.24) is 39.0 Å². The van der Waals surface area contributed by atoms with E-state index >= 15 is 8.78 Å². The van der Waals surface area contributed by atoms with Crippen molar-refractivity contribution in [3.63, 3.8) is 0 Å². The highest BCUT2D eigenvalue weighted by Crippen LogP contribution is 2.61. The van der Waals surface area contributed by atoms with E-state index in [9.17, 15) is 14.3 Å². The van der Waals surface area contributed by atoms with Gasteiger partial charge in [0, 0.05) is 5.75 Å². The minimum absolute atomic E-state index is 0.0197. The molecule has 3 aliphatic heterocycles. The second-order valence-electron chi connectivity index (χ2n) is 10.2. The number of thioether (sulfide) groups is 1. The number of aromatic amines is 1. The summed E-state index contributed by atoms with van der Waals surface area (Å²) in [5.74, 6) is -3.18. The van der Waals surface area contributed by atoms with Crippen LogP contribution < -0.4 is 17.0 Å². The van der Waals surface area contributed by atoms with Gasteiger partial charge in [0.05, 0.1) is 31.1 Å². The molecular formula is C20H22F2N10O8P2S3. The number of thiol groups is 1. The highest BCUT2D eigenvalue weighted by atomic mass is 32.7. The number of H-pyrrole nitrogens is 1. The Morgan fingerprint density at radius 2 is 1.91 bits per heavy atom. The van der Waals surface area contributed by atoms with Crippen LogP contribution in [0.5, 0.6) is 0 Å². The number of nitrogens with zero attached hydrogens (tertiary/aromatic N) is 7. The molecule has 7 heterocycles. The maximum atomic E-state index is 17.0. The number of rotatable bonds is 2. The number of hydrogen-bond donors (Lipinski definition) is 5. The molecule has 25 heteroatoms. The number of aromatic nitrogens is 8. The van der Waals surface area contributed by atoms with Crippen molar-refractivity contribution in [3.8, 4) is 0 Å². The quantitative estimate of drug-likeness (QED) is 0.143. The summed E-state index contributed by atoms with van der Waals surface area (Å²) in [5.41, 5.74) is 8.42. The van der Waals surface area contributed by atoms with Gasteiger partial charge in [-0.2, -0.15) is 4.98 Å². The van der Waals surface area contributed by atoms with Crippen molar-refractivity contribution in [3.05, 3.63) is 29.3 Å². The zero-order chi connectivity index (χ0) is 31.9. The van der Waals surface area contributed by atoms with E-state index in [1.807, 2.05) is 0 Å². The summed E-state index contributed by atoms with van der Waals surface area (Å²) in [6.45, 7) is -10.8. The summed E-state index contributed by atoms with van der Waals surface area (Å²) < 4.78 is 77.2. The molecule has 3 fully saturated rings. The third-order valence-corrected chi connectivity index (χ3v) is 12.0. The van der Waals surface area contributed by atoms with Crippen molar-refractivity contribution in [2.24, 2.45) is 0 Å². The number of hydrogen-bond acceptors (Lipinski definition) is 16. The number of nitrogens with two attached hydrogens (primary N) is 2. The zero-order valence-electron chi connectivity index (χ0n) is 22.4. The van der Waals surface area contributed by atoms with Gasteiger partial charge in [-0.05, 0) is 11.8 Å². The number of nitrogens with one attached hydrogen (secondary N) is 1. The Morgan fingerprint density at radius 3 is 2.71 bits per heavy atom. The van der Waals surface area contributed by atoms with Crippen LogP contribution in [0.25, 0.3) is 22.3 Å². The lowest BCUT2D eigenvalue weighted by Gasteiger charge is -2.35. The second kappa shape index (κ2) is 10.9. The predicted octanol–water partition coefficient (Wildman–Crippen LogP) is 0.955. The van der Waals surface area contributed by atoms with Crippen molar-refractivity contribution in [2.45, 2.75) is 35.1 Å². The number of ether oxygens (including phenoxy) is 1. The molecule has 18 nitrogen and oxygen atoms in total. The number of nitrogen functional groups attached to an aromatic ring is 2. The summed E-state index contributed by atoms with van der Waals surface area (Å²) in [7, 11) is 0. The van der Waals surface area contributed by atoms with Crippen LogP contribution in [0.2, 0.25) is 0 Å². The molecular weight excluding hydrogens is 704 g/mol. The first-order chi connectivity index (χ1) is 21.2. The molecule has 0 aromatic carbocycles. The first kappa shape index (κ1) is 31.3. The van der Waals surface area contributed by atoms with Crippen molar-refractivity contribution in [1.29, 1.82) is 0 Å². The van der Waals surface area contributed by atoms with E-state index in [2.05, 4.69) is 42.2 Å². The van der Waals surface area contributed by atoms with E-state index in [-0.39, 0.29) is 39.8 Å². The minimum Gasteiger partial charge on any atom is -0.382 e. The first-order valence-electron chi connectivity index (χ1n) is 12.8. The monoisotopic (exact) mass is 726 g/mol. The van der Waals surface area contributed by atoms with Gasteiger partial charge in [-0.25, -0.2) is 33.3 Å². The summed E-state index contributed by atoms with van der Waals surface area (Å²) in [6.07, 6.45) is -1.96. The lowest BCUT2D eigenvalue weighted by atomic mass is 10.1. The van der Waals surface area contributed by atoms with Gasteiger partial charge in [-0.1, -0.05) is 12.2 Å². The topological polar surface area (TPSA) is 243 Å². The van der Waals surface area contributed by atoms with E-state index in [0.717, 1.165) is 39.9 Å². The second-order valence-corrected chi connectivity index (χ2v) is 17.1. The summed E-state index contributed by atoms with van der Waals surface area (Å²) in [6, 6.07) is 0.